The Morgan fingerprint density at radius 2 is 2.00 bits per heavy atom. The Labute approximate surface area is 240 Å². The molecule has 4 aromatic rings. The fourth-order valence-electron chi connectivity index (χ4n) is 5.15. The zero-order chi connectivity index (χ0) is 29.4. The second-order valence-electron chi connectivity index (χ2n) is 10.1. The van der Waals surface area contributed by atoms with E-state index in [0.29, 0.717) is 16.9 Å². The van der Waals surface area contributed by atoms with Crippen LogP contribution in [0.1, 0.15) is 30.1 Å². The highest BCUT2D eigenvalue weighted by molar-refractivity contribution is 6.34. The quantitative estimate of drug-likeness (QED) is 0.314. The molecule has 12 heteroatoms. The first kappa shape index (κ1) is 28.2. The van der Waals surface area contributed by atoms with Gasteiger partial charge in [-0.05, 0) is 50.1 Å². The average molecular weight is 582 g/mol. The molecule has 2 atom stereocenters. The maximum atomic E-state index is 14.4. The van der Waals surface area contributed by atoms with E-state index in [1.165, 1.54) is 31.5 Å². The van der Waals surface area contributed by atoms with Crippen molar-refractivity contribution in [3.8, 4) is 17.4 Å². The van der Waals surface area contributed by atoms with Crippen LogP contribution < -0.4 is 24.7 Å². The molecule has 1 aliphatic rings. The van der Waals surface area contributed by atoms with Crippen LogP contribution in [0.4, 0.5) is 15.9 Å². The first-order valence-electron chi connectivity index (χ1n) is 13.0. The third-order valence-corrected chi connectivity index (χ3v) is 7.55. The standard InChI is InChI=1S/C29H29ClFN5O5/c1-16-5-6-18(15-41-28-22(31)8-10-26(33-28)40-4)36(16)24-12-23-19(11-21(24)30)27(37)20(29(38)39)14-35(23)17-7-9-25(32-13-17)34(2)3/h7-14,16,18H,5-6,15H2,1-4H3,(H,38,39)/t16-,18-/m1/s1. The number of hydrogen-bond donors (Lipinski definition) is 1. The number of pyridine rings is 3. The minimum atomic E-state index is -1.34. The number of ether oxygens (including phenoxy) is 2. The summed E-state index contributed by atoms with van der Waals surface area (Å²) in [5.41, 5.74) is 0.671. The minimum Gasteiger partial charge on any atom is -0.481 e. The van der Waals surface area contributed by atoms with Crippen LogP contribution in [0.25, 0.3) is 16.6 Å². The van der Waals surface area contributed by atoms with Crippen molar-refractivity contribution in [2.45, 2.75) is 31.8 Å². The van der Waals surface area contributed by atoms with Gasteiger partial charge < -0.3 is 28.9 Å². The van der Waals surface area contributed by atoms with Gasteiger partial charge in [0.15, 0.2) is 5.82 Å². The molecule has 214 valence electrons. The smallest absolute Gasteiger partial charge is 0.341 e. The van der Waals surface area contributed by atoms with Crippen LogP contribution in [-0.4, -0.2) is 65.5 Å². The normalized spacial score (nSPS) is 16.7. The van der Waals surface area contributed by atoms with Gasteiger partial charge >= 0.3 is 5.97 Å². The number of aromatic nitrogens is 3. The molecule has 3 aromatic heterocycles. The zero-order valence-corrected chi connectivity index (χ0v) is 23.7. The first-order valence-corrected chi connectivity index (χ1v) is 13.3. The van der Waals surface area contributed by atoms with Crippen molar-refractivity contribution >= 4 is 40.0 Å². The van der Waals surface area contributed by atoms with Crippen LogP contribution in [0, 0.1) is 5.82 Å². The van der Waals surface area contributed by atoms with E-state index in [2.05, 4.69) is 21.8 Å². The van der Waals surface area contributed by atoms with Gasteiger partial charge in [-0.1, -0.05) is 11.6 Å². The number of anilines is 2. The fraction of sp³-hybridized carbons (Fsp3) is 0.310. The van der Waals surface area contributed by atoms with Crippen molar-refractivity contribution in [3.63, 3.8) is 0 Å². The van der Waals surface area contributed by atoms with Crippen LogP contribution in [0.5, 0.6) is 11.8 Å². The molecule has 0 radical (unpaired) electrons. The summed E-state index contributed by atoms with van der Waals surface area (Å²) in [6, 6.07) is 9.43. The van der Waals surface area contributed by atoms with E-state index in [1.807, 2.05) is 19.0 Å². The lowest BCUT2D eigenvalue weighted by molar-refractivity contribution is 0.0695. The van der Waals surface area contributed by atoms with E-state index in [-0.39, 0.29) is 46.4 Å². The van der Waals surface area contributed by atoms with E-state index in [4.69, 9.17) is 21.1 Å². The van der Waals surface area contributed by atoms with E-state index in [1.54, 1.807) is 29.0 Å². The number of carboxylic acid groups (broad SMARTS) is 1. The number of aromatic carboxylic acids is 1. The molecule has 41 heavy (non-hydrogen) atoms. The largest absolute Gasteiger partial charge is 0.481 e. The average Bonchev–Trinajstić information content (AvgIpc) is 3.32. The summed E-state index contributed by atoms with van der Waals surface area (Å²) in [6.45, 7) is 2.19. The van der Waals surface area contributed by atoms with Crippen molar-refractivity contribution < 1.29 is 23.8 Å². The molecule has 1 fully saturated rings. The molecule has 1 N–H and O–H groups in total. The van der Waals surface area contributed by atoms with E-state index >= 15 is 0 Å². The van der Waals surface area contributed by atoms with Gasteiger partial charge in [0.05, 0.1) is 41.3 Å². The number of carbonyl (C=O) groups is 1. The highest BCUT2D eigenvalue weighted by Crippen LogP contribution is 2.38. The molecule has 1 aliphatic heterocycles. The Morgan fingerprint density at radius 1 is 1.22 bits per heavy atom. The Hall–Kier alpha value is -4.38. The van der Waals surface area contributed by atoms with Gasteiger partial charge in [-0.25, -0.2) is 14.2 Å². The van der Waals surface area contributed by atoms with Crippen LogP contribution >= 0.6 is 11.6 Å². The van der Waals surface area contributed by atoms with E-state index < -0.39 is 17.2 Å². The first-order chi connectivity index (χ1) is 19.6. The van der Waals surface area contributed by atoms with Crippen molar-refractivity contribution in [2.75, 3.05) is 37.6 Å². The van der Waals surface area contributed by atoms with Crippen molar-refractivity contribution in [2.24, 2.45) is 0 Å². The highest BCUT2D eigenvalue weighted by Gasteiger charge is 2.33. The van der Waals surface area contributed by atoms with E-state index in [9.17, 15) is 19.1 Å². The third kappa shape index (κ3) is 5.37. The molecule has 1 saturated heterocycles. The number of carboxylic acids is 1. The number of hydrogen-bond acceptors (Lipinski definition) is 8. The maximum absolute atomic E-state index is 14.4. The molecular weight excluding hydrogens is 553 g/mol. The predicted octanol–water partition coefficient (Wildman–Crippen LogP) is 4.78. The zero-order valence-electron chi connectivity index (χ0n) is 23.0. The van der Waals surface area contributed by atoms with Crippen LogP contribution in [0.2, 0.25) is 5.02 Å². The second kappa shape index (κ2) is 11.2. The van der Waals surface area contributed by atoms with Gasteiger partial charge in [-0.3, -0.25) is 4.79 Å². The van der Waals surface area contributed by atoms with Crippen LogP contribution in [-0.2, 0) is 0 Å². The number of nitrogens with zero attached hydrogens (tertiary/aromatic N) is 5. The Balaban J connectivity index is 1.59. The summed E-state index contributed by atoms with van der Waals surface area (Å²) >= 11 is 6.77. The number of benzene rings is 1. The maximum Gasteiger partial charge on any atom is 0.341 e. The number of fused-ring (bicyclic) bond motifs is 1. The molecule has 4 heterocycles. The van der Waals surface area contributed by atoms with Gasteiger partial charge in [-0.2, -0.15) is 4.98 Å². The summed E-state index contributed by atoms with van der Waals surface area (Å²) in [6.07, 6.45) is 4.51. The lowest BCUT2D eigenvalue weighted by Gasteiger charge is -2.32. The molecule has 5 rings (SSSR count). The second-order valence-corrected chi connectivity index (χ2v) is 10.5. The third-order valence-electron chi connectivity index (χ3n) is 7.25. The van der Waals surface area contributed by atoms with Crippen molar-refractivity contribution in [1.29, 1.82) is 0 Å². The number of halogens is 2. The molecule has 0 unspecified atom stereocenters. The van der Waals surface area contributed by atoms with Gasteiger partial charge in [0.2, 0.25) is 11.3 Å². The van der Waals surface area contributed by atoms with Crippen molar-refractivity contribution in [1.82, 2.24) is 14.5 Å². The molecule has 0 saturated carbocycles. The van der Waals surface area contributed by atoms with Crippen LogP contribution in [0.3, 0.4) is 0 Å². The Morgan fingerprint density at radius 3 is 2.66 bits per heavy atom. The summed E-state index contributed by atoms with van der Waals surface area (Å²) in [5, 5.41) is 10.2. The van der Waals surface area contributed by atoms with Gasteiger partial charge in [0.25, 0.3) is 5.88 Å². The van der Waals surface area contributed by atoms with E-state index in [0.717, 1.165) is 18.7 Å². The molecular formula is C29H29ClFN5O5. The minimum absolute atomic E-state index is 0.0566. The fourth-order valence-corrected chi connectivity index (χ4v) is 5.41. The van der Waals surface area contributed by atoms with Crippen LogP contribution in [0.15, 0.2) is 53.6 Å². The summed E-state index contributed by atoms with van der Waals surface area (Å²) in [7, 11) is 5.17. The molecule has 0 aliphatic carbocycles. The SMILES string of the molecule is COc1ccc(F)c(OC[C@H]2CC[C@@H](C)N2c2cc3c(cc2Cl)c(=O)c(C(=O)O)cn3-c2ccc(N(C)C)nc2)n1. The molecule has 0 spiro atoms. The summed E-state index contributed by atoms with van der Waals surface area (Å²) < 4.78 is 26.9. The Bertz CT molecular complexity index is 1680. The Kier molecular flexibility index (Phi) is 7.72. The molecule has 0 bridgehead atoms. The lowest BCUT2D eigenvalue weighted by Crippen LogP contribution is -2.38. The van der Waals surface area contributed by atoms with Gasteiger partial charge in [0, 0.05) is 37.8 Å². The predicted molar refractivity (Wildman–Crippen MR) is 155 cm³/mol. The summed E-state index contributed by atoms with van der Waals surface area (Å²) in [5.74, 6) is -1.14. The monoisotopic (exact) mass is 581 g/mol. The molecule has 1 aromatic carbocycles. The lowest BCUT2D eigenvalue weighted by atomic mass is 10.1. The molecule has 10 nitrogen and oxygen atoms in total. The number of methoxy groups -OCH3 is 1. The van der Waals surface area contributed by atoms with Gasteiger partial charge in [0.1, 0.15) is 18.0 Å². The highest BCUT2D eigenvalue weighted by atomic mass is 35.5. The van der Waals surface area contributed by atoms with Crippen molar-refractivity contribution in [3.05, 3.63) is 75.4 Å². The molecule has 0 amide bonds. The summed E-state index contributed by atoms with van der Waals surface area (Å²) in [4.78, 5) is 37.6. The topological polar surface area (TPSA) is 110 Å². The number of rotatable bonds is 8. The van der Waals surface area contributed by atoms with Gasteiger partial charge in [-0.15, -0.1) is 0 Å².